The standard InChI is InChI=1S/C12H16N2OS/c1-15-11-6-10(7-11)14-9-4-2-8(3-5-9)12(13)16/h2-5,10-11,14H,6-7H2,1H3,(H2,13,16). The monoisotopic (exact) mass is 236 g/mol. The largest absolute Gasteiger partial charge is 0.389 e. The van der Waals surface area contributed by atoms with Crippen molar-refractivity contribution in [1.82, 2.24) is 0 Å². The molecule has 0 unspecified atom stereocenters. The van der Waals surface area contributed by atoms with Crippen molar-refractivity contribution in [3.63, 3.8) is 0 Å². The molecule has 0 aliphatic heterocycles. The summed E-state index contributed by atoms with van der Waals surface area (Å²) in [5.74, 6) is 0. The van der Waals surface area contributed by atoms with Crippen molar-refractivity contribution < 1.29 is 4.74 Å². The van der Waals surface area contributed by atoms with Crippen molar-refractivity contribution in [2.75, 3.05) is 12.4 Å². The van der Waals surface area contributed by atoms with Crippen LogP contribution in [0.15, 0.2) is 24.3 Å². The first-order valence-electron chi connectivity index (χ1n) is 5.38. The van der Waals surface area contributed by atoms with Crippen molar-refractivity contribution in [3.05, 3.63) is 29.8 Å². The third-order valence-corrected chi connectivity index (χ3v) is 3.20. The summed E-state index contributed by atoms with van der Waals surface area (Å²) in [4.78, 5) is 0.439. The lowest BCUT2D eigenvalue weighted by Crippen LogP contribution is -2.40. The summed E-state index contributed by atoms with van der Waals surface area (Å²) >= 11 is 4.90. The predicted octanol–water partition coefficient (Wildman–Crippen LogP) is 1.91. The number of methoxy groups -OCH3 is 1. The van der Waals surface area contributed by atoms with Crippen LogP contribution < -0.4 is 11.1 Å². The van der Waals surface area contributed by atoms with Crippen LogP contribution >= 0.6 is 12.2 Å². The van der Waals surface area contributed by atoms with Crippen LogP contribution in [-0.4, -0.2) is 24.2 Å². The smallest absolute Gasteiger partial charge is 0.103 e. The third kappa shape index (κ3) is 2.51. The van der Waals surface area contributed by atoms with Gasteiger partial charge in [-0.3, -0.25) is 0 Å². The van der Waals surface area contributed by atoms with Gasteiger partial charge in [0.15, 0.2) is 0 Å². The molecule has 0 radical (unpaired) electrons. The molecular weight excluding hydrogens is 220 g/mol. The van der Waals surface area contributed by atoms with Crippen LogP contribution in [0, 0.1) is 0 Å². The molecule has 1 aliphatic carbocycles. The zero-order chi connectivity index (χ0) is 11.5. The summed E-state index contributed by atoms with van der Waals surface area (Å²) in [6.07, 6.45) is 2.58. The van der Waals surface area contributed by atoms with E-state index in [4.69, 9.17) is 22.7 Å². The fourth-order valence-corrected chi connectivity index (χ4v) is 1.98. The molecule has 0 amide bonds. The topological polar surface area (TPSA) is 47.3 Å². The highest BCUT2D eigenvalue weighted by atomic mass is 32.1. The Hall–Kier alpha value is -1.13. The Balaban J connectivity index is 1.89. The zero-order valence-corrected chi connectivity index (χ0v) is 10.1. The highest BCUT2D eigenvalue weighted by molar-refractivity contribution is 7.80. The minimum absolute atomic E-state index is 0.424. The second kappa shape index (κ2) is 4.80. The number of hydrogen-bond acceptors (Lipinski definition) is 3. The lowest BCUT2D eigenvalue weighted by atomic mass is 9.89. The normalized spacial score (nSPS) is 23.6. The van der Waals surface area contributed by atoms with E-state index in [1.165, 1.54) is 0 Å². The maximum absolute atomic E-state index is 5.53. The van der Waals surface area contributed by atoms with Crippen molar-refractivity contribution in [1.29, 1.82) is 0 Å². The summed E-state index contributed by atoms with van der Waals surface area (Å²) in [5.41, 5.74) is 7.55. The van der Waals surface area contributed by atoms with Crippen LogP contribution in [0.4, 0.5) is 5.69 Å². The Morgan fingerprint density at radius 1 is 1.38 bits per heavy atom. The molecule has 0 atom stereocenters. The van der Waals surface area contributed by atoms with Gasteiger partial charge < -0.3 is 15.8 Å². The molecule has 0 heterocycles. The van der Waals surface area contributed by atoms with E-state index in [0.29, 0.717) is 17.1 Å². The van der Waals surface area contributed by atoms with Gasteiger partial charge in [0.1, 0.15) is 4.99 Å². The fourth-order valence-electron chi connectivity index (χ4n) is 1.84. The van der Waals surface area contributed by atoms with Crippen LogP contribution in [0.3, 0.4) is 0 Å². The number of thiocarbonyl (C=S) groups is 1. The lowest BCUT2D eigenvalue weighted by molar-refractivity contribution is 0.0329. The van der Waals surface area contributed by atoms with Gasteiger partial charge >= 0.3 is 0 Å². The minimum atomic E-state index is 0.424. The van der Waals surface area contributed by atoms with Gasteiger partial charge in [0.25, 0.3) is 0 Å². The molecule has 0 spiro atoms. The maximum atomic E-state index is 5.53. The Bertz CT molecular complexity index is 371. The van der Waals surface area contributed by atoms with E-state index in [0.717, 1.165) is 24.1 Å². The lowest BCUT2D eigenvalue weighted by Gasteiger charge is -2.35. The first-order chi connectivity index (χ1) is 7.69. The van der Waals surface area contributed by atoms with E-state index in [1.54, 1.807) is 7.11 Å². The number of hydrogen-bond donors (Lipinski definition) is 2. The Labute approximate surface area is 101 Å². The summed E-state index contributed by atoms with van der Waals surface area (Å²) in [7, 11) is 1.76. The average molecular weight is 236 g/mol. The van der Waals surface area contributed by atoms with Crippen LogP contribution in [-0.2, 0) is 4.74 Å². The summed E-state index contributed by atoms with van der Waals surface area (Å²) in [5, 5.41) is 3.44. The van der Waals surface area contributed by atoms with Crippen molar-refractivity contribution in [2.24, 2.45) is 5.73 Å². The fraction of sp³-hybridized carbons (Fsp3) is 0.417. The molecule has 0 bridgehead atoms. The quantitative estimate of drug-likeness (QED) is 0.784. The first-order valence-corrected chi connectivity index (χ1v) is 5.79. The summed E-state index contributed by atoms with van der Waals surface area (Å²) in [6.45, 7) is 0. The minimum Gasteiger partial charge on any atom is -0.389 e. The number of anilines is 1. The van der Waals surface area contributed by atoms with Crippen LogP contribution in [0.25, 0.3) is 0 Å². The number of benzene rings is 1. The molecule has 1 saturated carbocycles. The predicted molar refractivity (Wildman–Crippen MR) is 69.8 cm³/mol. The molecule has 1 aliphatic rings. The molecule has 16 heavy (non-hydrogen) atoms. The van der Waals surface area contributed by atoms with Gasteiger partial charge in [-0.05, 0) is 37.1 Å². The Kier molecular flexibility index (Phi) is 3.41. The van der Waals surface area contributed by atoms with E-state index in [1.807, 2.05) is 24.3 Å². The number of nitrogens with one attached hydrogen (secondary N) is 1. The molecule has 1 aromatic carbocycles. The molecule has 86 valence electrons. The summed E-state index contributed by atoms with van der Waals surface area (Å²) in [6, 6.07) is 8.43. The van der Waals surface area contributed by atoms with Gasteiger partial charge in [-0.25, -0.2) is 0 Å². The van der Waals surface area contributed by atoms with Gasteiger partial charge in [-0.2, -0.15) is 0 Å². The second-order valence-electron chi connectivity index (χ2n) is 4.11. The van der Waals surface area contributed by atoms with Gasteiger partial charge in [0.2, 0.25) is 0 Å². The molecule has 3 N–H and O–H groups in total. The zero-order valence-electron chi connectivity index (χ0n) is 9.27. The third-order valence-electron chi connectivity index (χ3n) is 2.97. The highest BCUT2D eigenvalue weighted by Crippen LogP contribution is 2.26. The number of rotatable bonds is 4. The van der Waals surface area contributed by atoms with Crippen molar-refractivity contribution in [3.8, 4) is 0 Å². The molecule has 0 aromatic heterocycles. The molecule has 2 rings (SSSR count). The van der Waals surface area contributed by atoms with Gasteiger partial charge in [-0.15, -0.1) is 0 Å². The van der Waals surface area contributed by atoms with Crippen molar-refractivity contribution >= 4 is 22.9 Å². The number of nitrogens with two attached hydrogens (primary N) is 1. The molecular formula is C12H16N2OS. The maximum Gasteiger partial charge on any atom is 0.103 e. The Morgan fingerprint density at radius 2 is 2.00 bits per heavy atom. The van der Waals surface area contributed by atoms with E-state index in [2.05, 4.69) is 5.32 Å². The van der Waals surface area contributed by atoms with E-state index < -0.39 is 0 Å². The SMILES string of the molecule is COC1CC(Nc2ccc(C(N)=S)cc2)C1. The second-order valence-corrected chi connectivity index (χ2v) is 4.55. The van der Waals surface area contributed by atoms with E-state index in [-0.39, 0.29) is 0 Å². The van der Waals surface area contributed by atoms with Crippen LogP contribution in [0.5, 0.6) is 0 Å². The van der Waals surface area contributed by atoms with E-state index >= 15 is 0 Å². The van der Waals surface area contributed by atoms with Gasteiger partial charge in [-0.1, -0.05) is 12.2 Å². The van der Waals surface area contributed by atoms with Gasteiger partial charge in [0.05, 0.1) is 6.10 Å². The molecule has 0 saturated heterocycles. The first kappa shape index (κ1) is 11.4. The van der Waals surface area contributed by atoms with E-state index in [9.17, 15) is 0 Å². The van der Waals surface area contributed by atoms with Gasteiger partial charge in [0, 0.05) is 24.4 Å². The highest BCUT2D eigenvalue weighted by Gasteiger charge is 2.28. The Morgan fingerprint density at radius 3 is 2.50 bits per heavy atom. The molecule has 4 heteroatoms. The van der Waals surface area contributed by atoms with Crippen LogP contribution in [0.1, 0.15) is 18.4 Å². The average Bonchev–Trinajstić information content (AvgIpc) is 2.23. The molecule has 1 fully saturated rings. The van der Waals surface area contributed by atoms with Crippen LogP contribution in [0.2, 0.25) is 0 Å². The van der Waals surface area contributed by atoms with Crippen molar-refractivity contribution in [2.45, 2.75) is 25.0 Å². The molecule has 3 nitrogen and oxygen atoms in total. The summed E-state index contributed by atoms with van der Waals surface area (Å²) < 4.78 is 5.23. The number of ether oxygens (including phenoxy) is 1. The molecule has 1 aromatic rings.